The third kappa shape index (κ3) is 3.59. The summed E-state index contributed by atoms with van der Waals surface area (Å²) in [6.45, 7) is 0.0857. The number of thiophene rings is 1. The van der Waals surface area contributed by atoms with E-state index in [0.717, 1.165) is 16.7 Å². The van der Waals surface area contributed by atoms with Crippen molar-refractivity contribution in [3.05, 3.63) is 53.2 Å². The van der Waals surface area contributed by atoms with Crippen LogP contribution in [0, 0.1) is 0 Å². The number of rotatable bonds is 6. The normalized spacial score (nSPS) is 23.1. The fourth-order valence-electron chi connectivity index (χ4n) is 3.84. The number of aliphatic hydroxyl groups excluding tert-OH is 3. The van der Waals surface area contributed by atoms with Crippen molar-refractivity contribution in [3.63, 3.8) is 0 Å². The minimum atomic E-state index is -1.22. The molecule has 1 fully saturated rings. The molecular weight excluding hydrogens is 432 g/mol. The molecule has 1 aliphatic rings. The van der Waals surface area contributed by atoms with Gasteiger partial charge in [-0.15, -0.1) is 0 Å². The summed E-state index contributed by atoms with van der Waals surface area (Å²) in [5, 5.41) is 37.1. The lowest BCUT2D eigenvalue weighted by molar-refractivity contribution is -0.0511. The Labute approximate surface area is 187 Å². The van der Waals surface area contributed by atoms with Gasteiger partial charge in [-0.25, -0.2) is 15.0 Å². The van der Waals surface area contributed by atoms with Crippen LogP contribution in [0.5, 0.6) is 0 Å². The van der Waals surface area contributed by atoms with E-state index in [4.69, 9.17) is 10.5 Å². The number of fused-ring (bicyclic) bond motifs is 1. The SMILES string of the molecule is Nc1ccc(CNc2ncnc3c2ncn3[C@@H]2O[C@H](CO)[C@@H](O)[C@H]2O)cc1-c1ccsc1. The van der Waals surface area contributed by atoms with Crippen molar-refractivity contribution >= 4 is 34.0 Å². The first kappa shape index (κ1) is 20.8. The summed E-state index contributed by atoms with van der Waals surface area (Å²) in [4.78, 5) is 13.0. The molecule has 11 heteroatoms. The highest BCUT2D eigenvalue weighted by Gasteiger charge is 2.44. The van der Waals surface area contributed by atoms with Crippen LogP contribution < -0.4 is 11.1 Å². The van der Waals surface area contributed by atoms with Crippen LogP contribution in [0.15, 0.2) is 47.7 Å². The van der Waals surface area contributed by atoms with E-state index in [0.29, 0.717) is 29.2 Å². The van der Waals surface area contributed by atoms with Gasteiger partial charge in [0.15, 0.2) is 23.2 Å². The molecule has 0 unspecified atom stereocenters. The highest BCUT2D eigenvalue weighted by molar-refractivity contribution is 7.08. The van der Waals surface area contributed by atoms with E-state index in [-0.39, 0.29) is 0 Å². The molecule has 166 valence electrons. The molecule has 0 saturated carbocycles. The Balaban J connectivity index is 1.39. The number of hydrogen-bond donors (Lipinski definition) is 5. The standard InChI is InChI=1S/C21H22N6O4S/c22-14-2-1-11(5-13(14)12-3-4-32-8-12)6-23-19-16-20(25-9-24-19)27(10-26-16)21-18(30)17(29)15(7-28)31-21/h1-5,8-10,15,17-18,21,28-30H,6-7,22H2,(H,23,24,25)/t15-,17-,18-,21-/m1/s1. The van der Waals surface area contributed by atoms with E-state index in [1.807, 2.05) is 29.6 Å². The maximum absolute atomic E-state index is 10.3. The number of aromatic nitrogens is 4. The van der Waals surface area contributed by atoms with E-state index in [1.54, 1.807) is 11.3 Å². The quantitative estimate of drug-likeness (QED) is 0.272. The fraction of sp³-hybridized carbons (Fsp3) is 0.286. The Kier molecular flexibility index (Phi) is 5.49. The van der Waals surface area contributed by atoms with Gasteiger partial charge in [0.25, 0.3) is 0 Å². The molecule has 4 atom stereocenters. The van der Waals surface area contributed by atoms with Crippen LogP contribution in [-0.2, 0) is 11.3 Å². The Morgan fingerprint density at radius 1 is 1.16 bits per heavy atom. The van der Waals surface area contributed by atoms with Gasteiger partial charge in [0.2, 0.25) is 0 Å². The predicted molar refractivity (Wildman–Crippen MR) is 120 cm³/mol. The van der Waals surface area contributed by atoms with Gasteiger partial charge in [-0.05, 0) is 40.1 Å². The molecule has 6 N–H and O–H groups in total. The highest BCUT2D eigenvalue weighted by Crippen LogP contribution is 2.32. The van der Waals surface area contributed by atoms with Gasteiger partial charge >= 0.3 is 0 Å². The van der Waals surface area contributed by atoms with E-state index < -0.39 is 31.1 Å². The number of nitrogens with one attached hydrogen (secondary N) is 1. The molecule has 0 aliphatic carbocycles. The van der Waals surface area contributed by atoms with Crippen molar-refractivity contribution in [2.45, 2.75) is 31.1 Å². The van der Waals surface area contributed by atoms with Crippen LogP contribution in [0.2, 0.25) is 0 Å². The summed E-state index contributed by atoms with van der Waals surface area (Å²) in [7, 11) is 0. The first-order valence-corrected chi connectivity index (χ1v) is 11.0. The molecule has 0 amide bonds. The van der Waals surface area contributed by atoms with E-state index >= 15 is 0 Å². The Hall–Kier alpha value is -3.09. The van der Waals surface area contributed by atoms with Gasteiger partial charge in [-0.3, -0.25) is 4.57 Å². The lowest BCUT2D eigenvalue weighted by Crippen LogP contribution is -2.33. The summed E-state index contributed by atoms with van der Waals surface area (Å²) in [6, 6.07) is 7.91. The van der Waals surface area contributed by atoms with Crippen LogP contribution in [0.4, 0.5) is 11.5 Å². The number of aliphatic hydroxyl groups is 3. The monoisotopic (exact) mass is 454 g/mol. The maximum Gasteiger partial charge on any atom is 0.167 e. The maximum atomic E-state index is 10.3. The number of anilines is 2. The summed E-state index contributed by atoms with van der Waals surface area (Å²) in [5.41, 5.74) is 10.9. The van der Waals surface area contributed by atoms with Crippen LogP contribution in [-0.4, -0.2) is 59.8 Å². The number of nitrogen functional groups attached to an aromatic ring is 1. The number of ether oxygens (including phenoxy) is 1. The largest absolute Gasteiger partial charge is 0.398 e. The highest BCUT2D eigenvalue weighted by atomic mass is 32.1. The summed E-state index contributed by atoms with van der Waals surface area (Å²) in [5.74, 6) is 0.523. The lowest BCUT2D eigenvalue weighted by atomic mass is 10.0. The Morgan fingerprint density at radius 3 is 2.78 bits per heavy atom. The van der Waals surface area contributed by atoms with Gasteiger partial charge in [0.1, 0.15) is 24.6 Å². The lowest BCUT2D eigenvalue weighted by Gasteiger charge is -2.16. The van der Waals surface area contributed by atoms with Crippen LogP contribution in [0.3, 0.4) is 0 Å². The van der Waals surface area contributed by atoms with Crippen molar-refractivity contribution in [3.8, 4) is 11.1 Å². The summed E-state index contributed by atoms with van der Waals surface area (Å²) in [6.07, 6.45) is -1.35. The second-order valence-corrected chi connectivity index (χ2v) is 8.34. The smallest absolute Gasteiger partial charge is 0.167 e. The molecule has 0 bridgehead atoms. The van der Waals surface area contributed by atoms with Gasteiger partial charge in [-0.1, -0.05) is 6.07 Å². The zero-order valence-corrected chi connectivity index (χ0v) is 17.7. The molecule has 1 aromatic carbocycles. The molecule has 3 aromatic heterocycles. The summed E-state index contributed by atoms with van der Waals surface area (Å²) >= 11 is 1.62. The van der Waals surface area contributed by atoms with E-state index in [1.165, 1.54) is 17.2 Å². The number of benzene rings is 1. The predicted octanol–water partition coefficient (Wildman–Crippen LogP) is 1.36. The van der Waals surface area contributed by atoms with Gasteiger partial charge in [0, 0.05) is 17.8 Å². The first-order chi connectivity index (χ1) is 15.6. The number of imidazole rings is 1. The first-order valence-electron chi connectivity index (χ1n) is 10.0. The molecule has 4 heterocycles. The molecule has 0 spiro atoms. The number of hydrogen-bond acceptors (Lipinski definition) is 10. The second-order valence-electron chi connectivity index (χ2n) is 7.56. The van der Waals surface area contributed by atoms with Gasteiger partial charge < -0.3 is 31.1 Å². The van der Waals surface area contributed by atoms with Crippen molar-refractivity contribution < 1.29 is 20.1 Å². The average Bonchev–Trinajstić information content (AvgIpc) is 3.54. The Bertz CT molecular complexity index is 1230. The number of nitrogens with two attached hydrogens (primary N) is 1. The number of nitrogens with zero attached hydrogens (tertiary/aromatic N) is 4. The van der Waals surface area contributed by atoms with Crippen LogP contribution in [0.25, 0.3) is 22.3 Å². The molecule has 5 rings (SSSR count). The van der Waals surface area contributed by atoms with Crippen molar-refractivity contribution in [1.29, 1.82) is 0 Å². The van der Waals surface area contributed by atoms with Crippen LogP contribution in [0.1, 0.15) is 11.8 Å². The molecule has 4 aromatic rings. The molecule has 32 heavy (non-hydrogen) atoms. The van der Waals surface area contributed by atoms with Crippen LogP contribution >= 0.6 is 11.3 Å². The minimum absolute atomic E-state index is 0.405. The molecular formula is C21H22N6O4S. The van der Waals surface area contributed by atoms with Crippen molar-refractivity contribution in [2.75, 3.05) is 17.7 Å². The third-order valence-electron chi connectivity index (χ3n) is 5.56. The molecule has 1 saturated heterocycles. The fourth-order valence-corrected chi connectivity index (χ4v) is 4.50. The van der Waals surface area contributed by atoms with Gasteiger partial charge in [0.05, 0.1) is 12.9 Å². The van der Waals surface area contributed by atoms with Crippen molar-refractivity contribution in [2.24, 2.45) is 0 Å². The van der Waals surface area contributed by atoms with Gasteiger partial charge in [-0.2, -0.15) is 11.3 Å². The molecule has 10 nitrogen and oxygen atoms in total. The Morgan fingerprint density at radius 2 is 2.03 bits per heavy atom. The second kappa shape index (κ2) is 8.45. The summed E-state index contributed by atoms with van der Waals surface area (Å²) < 4.78 is 7.13. The minimum Gasteiger partial charge on any atom is -0.398 e. The van der Waals surface area contributed by atoms with E-state index in [2.05, 4.69) is 25.6 Å². The molecule has 1 aliphatic heterocycles. The van der Waals surface area contributed by atoms with E-state index in [9.17, 15) is 15.3 Å². The zero-order valence-electron chi connectivity index (χ0n) is 16.9. The molecule has 0 radical (unpaired) electrons. The average molecular weight is 455 g/mol. The zero-order chi connectivity index (χ0) is 22.2. The third-order valence-corrected chi connectivity index (χ3v) is 6.24. The topological polar surface area (TPSA) is 152 Å². The van der Waals surface area contributed by atoms with Crippen molar-refractivity contribution in [1.82, 2.24) is 19.5 Å².